The molecule has 1 aromatic rings. The minimum atomic E-state index is -0.205. The average Bonchev–Trinajstić information content (AvgIpc) is 2.45. The van der Waals surface area contributed by atoms with Gasteiger partial charge >= 0.3 is 5.97 Å². The van der Waals surface area contributed by atoms with Crippen molar-refractivity contribution in [3.8, 4) is 5.75 Å². The van der Waals surface area contributed by atoms with Gasteiger partial charge in [0, 0.05) is 12.1 Å². The van der Waals surface area contributed by atoms with E-state index in [1.165, 1.54) is 0 Å². The molecule has 0 heterocycles. The van der Waals surface area contributed by atoms with Crippen LogP contribution >= 0.6 is 15.9 Å². The fourth-order valence-corrected chi connectivity index (χ4v) is 1.61. The smallest absolute Gasteiger partial charge is 0.305 e. The third-order valence-corrected chi connectivity index (χ3v) is 2.87. The Balaban J connectivity index is 2.28. The maximum Gasteiger partial charge on any atom is 0.305 e. The first-order valence-corrected chi connectivity index (χ1v) is 7.52. The van der Waals surface area contributed by atoms with Gasteiger partial charge in [0.15, 0.2) is 0 Å². The lowest BCUT2D eigenvalue weighted by Crippen LogP contribution is -2.12. The summed E-state index contributed by atoms with van der Waals surface area (Å²) in [4.78, 5) is 22.3. The second-order valence-electron chi connectivity index (χ2n) is 3.96. The Morgan fingerprint density at radius 1 is 1.25 bits per heavy atom. The van der Waals surface area contributed by atoms with Crippen LogP contribution in [0.15, 0.2) is 24.3 Å². The summed E-state index contributed by atoms with van der Waals surface area (Å²) in [6, 6.07) is 7.07. The Hall–Kier alpha value is -1.56. The first kappa shape index (κ1) is 16.5. The van der Waals surface area contributed by atoms with E-state index in [9.17, 15) is 9.59 Å². The Labute approximate surface area is 126 Å². The number of esters is 1. The van der Waals surface area contributed by atoms with Crippen LogP contribution in [0.3, 0.4) is 0 Å². The Bertz CT molecular complexity index is 433. The van der Waals surface area contributed by atoms with E-state index >= 15 is 0 Å². The molecule has 0 bridgehead atoms. The third-order valence-electron chi connectivity index (χ3n) is 2.36. The van der Waals surface area contributed by atoms with Gasteiger partial charge in [-0.2, -0.15) is 0 Å². The van der Waals surface area contributed by atoms with Gasteiger partial charge in [0.25, 0.3) is 0 Å². The van der Waals surface area contributed by atoms with E-state index in [1.807, 2.05) is 0 Å². The van der Waals surface area contributed by atoms with Crippen molar-refractivity contribution < 1.29 is 19.1 Å². The average molecular weight is 344 g/mol. The number of hydrogen-bond acceptors (Lipinski definition) is 4. The first-order valence-electron chi connectivity index (χ1n) is 6.40. The van der Waals surface area contributed by atoms with E-state index < -0.39 is 0 Å². The molecule has 0 saturated carbocycles. The van der Waals surface area contributed by atoms with Crippen LogP contribution < -0.4 is 10.1 Å². The van der Waals surface area contributed by atoms with Crippen LogP contribution in [-0.4, -0.2) is 30.4 Å². The van der Waals surface area contributed by atoms with Crippen LogP contribution in [0.4, 0.5) is 5.69 Å². The van der Waals surface area contributed by atoms with Gasteiger partial charge in [-0.15, -0.1) is 0 Å². The van der Waals surface area contributed by atoms with Crippen molar-refractivity contribution in [3.63, 3.8) is 0 Å². The first-order chi connectivity index (χ1) is 9.65. The topological polar surface area (TPSA) is 64.6 Å². The van der Waals surface area contributed by atoms with Gasteiger partial charge in [-0.25, -0.2) is 0 Å². The maximum atomic E-state index is 11.2. The van der Waals surface area contributed by atoms with Crippen LogP contribution in [-0.2, 0) is 14.3 Å². The summed E-state index contributed by atoms with van der Waals surface area (Å²) in [7, 11) is 0. The number of amides is 1. The summed E-state index contributed by atoms with van der Waals surface area (Å²) < 4.78 is 10.3. The molecule has 0 unspecified atom stereocenters. The molecule has 0 saturated heterocycles. The SMILES string of the molecule is CCOC(=O)CCCOc1ccc(NC(=O)CBr)cc1. The zero-order chi connectivity index (χ0) is 14.8. The fourth-order valence-electron chi connectivity index (χ4n) is 1.47. The quantitative estimate of drug-likeness (QED) is 0.447. The van der Waals surface area contributed by atoms with Gasteiger partial charge in [-0.1, -0.05) is 15.9 Å². The lowest BCUT2D eigenvalue weighted by molar-refractivity contribution is -0.143. The number of ether oxygens (including phenoxy) is 2. The lowest BCUT2D eigenvalue weighted by atomic mass is 10.3. The van der Waals surface area contributed by atoms with E-state index in [4.69, 9.17) is 9.47 Å². The molecule has 0 aromatic heterocycles. The van der Waals surface area contributed by atoms with Crippen LogP contribution in [0.25, 0.3) is 0 Å². The van der Waals surface area contributed by atoms with Gasteiger partial charge in [0.05, 0.1) is 18.5 Å². The molecule has 0 aliphatic heterocycles. The van der Waals surface area contributed by atoms with Crippen molar-refractivity contribution in [1.29, 1.82) is 0 Å². The standard InChI is InChI=1S/C14H18BrNO4/c1-2-19-14(18)4-3-9-20-12-7-5-11(6-8-12)16-13(17)10-15/h5-8H,2-4,9-10H2,1H3,(H,16,17). The van der Waals surface area contributed by atoms with Gasteiger partial charge in [-0.05, 0) is 37.6 Å². The molecular formula is C14H18BrNO4. The fraction of sp³-hybridized carbons (Fsp3) is 0.429. The van der Waals surface area contributed by atoms with Crippen molar-refractivity contribution in [2.75, 3.05) is 23.9 Å². The van der Waals surface area contributed by atoms with Crippen LogP contribution in [0.2, 0.25) is 0 Å². The summed E-state index contributed by atoms with van der Waals surface area (Å²) in [5, 5.41) is 2.98. The molecule has 1 amide bonds. The number of rotatable bonds is 8. The molecule has 0 atom stereocenters. The molecule has 0 spiro atoms. The largest absolute Gasteiger partial charge is 0.494 e. The van der Waals surface area contributed by atoms with Gasteiger partial charge < -0.3 is 14.8 Å². The van der Waals surface area contributed by atoms with Gasteiger partial charge in [0.2, 0.25) is 5.91 Å². The molecule has 20 heavy (non-hydrogen) atoms. The molecule has 1 N–H and O–H groups in total. The van der Waals surface area contributed by atoms with Crippen molar-refractivity contribution in [3.05, 3.63) is 24.3 Å². The number of benzene rings is 1. The van der Waals surface area contributed by atoms with Crippen LogP contribution in [0, 0.1) is 0 Å². The highest BCUT2D eigenvalue weighted by molar-refractivity contribution is 9.09. The summed E-state index contributed by atoms with van der Waals surface area (Å²) in [6.07, 6.45) is 0.966. The number of carbonyl (C=O) groups excluding carboxylic acids is 2. The van der Waals surface area contributed by atoms with E-state index in [0.717, 1.165) is 0 Å². The summed E-state index contributed by atoms with van der Waals surface area (Å²) in [5.74, 6) is 0.391. The molecule has 5 nitrogen and oxygen atoms in total. The van der Waals surface area contributed by atoms with Crippen molar-refractivity contribution >= 4 is 33.5 Å². The Morgan fingerprint density at radius 2 is 1.95 bits per heavy atom. The summed E-state index contributed by atoms with van der Waals surface area (Å²) in [5.41, 5.74) is 0.716. The van der Waals surface area contributed by atoms with E-state index in [2.05, 4.69) is 21.2 Å². The number of anilines is 1. The molecule has 110 valence electrons. The molecule has 1 aromatic carbocycles. The monoisotopic (exact) mass is 343 g/mol. The molecule has 6 heteroatoms. The highest BCUT2D eigenvalue weighted by Crippen LogP contribution is 2.16. The van der Waals surface area contributed by atoms with Crippen LogP contribution in [0.1, 0.15) is 19.8 Å². The van der Waals surface area contributed by atoms with Gasteiger partial charge in [-0.3, -0.25) is 9.59 Å². The van der Waals surface area contributed by atoms with Crippen LogP contribution in [0.5, 0.6) is 5.75 Å². The molecule has 0 fully saturated rings. The second-order valence-corrected chi connectivity index (χ2v) is 4.52. The van der Waals surface area contributed by atoms with Crippen molar-refractivity contribution in [2.45, 2.75) is 19.8 Å². The molecule has 0 aliphatic carbocycles. The second kappa shape index (κ2) is 9.36. The molecule has 0 radical (unpaired) electrons. The van der Waals surface area contributed by atoms with Crippen molar-refractivity contribution in [2.24, 2.45) is 0 Å². The zero-order valence-electron chi connectivity index (χ0n) is 11.4. The highest BCUT2D eigenvalue weighted by atomic mass is 79.9. The number of alkyl halides is 1. The normalized spacial score (nSPS) is 9.90. The maximum absolute atomic E-state index is 11.2. The molecule has 1 rings (SSSR count). The molecule has 0 aliphatic rings. The highest BCUT2D eigenvalue weighted by Gasteiger charge is 2.02. The predicted molar refractivity (Wildman–Crippen MR) is 80.2 cm³/mol. The predicted octanol–water partition coefficient (Wildman–Crippen LogP) is 2.74. The minimum Gasteiger partial charge on any atom is -0.494 e. The Morgan fingerprint density at radius 3 is 2.55 bits per heavy atom. The van der Waals surface area contributed by atoms with E-state index in [0.29, 0.717) is 37.5 Å². The van der Waals surface area contributed by atoms with E-state index in [1.54, 1.807) is 31.2 Å². The Kier molecular flexibility index (Phi) is 7.72. The number of carbonyl (C=O) groups is 2. The zero-order valence-corrected chi connectivity index (χ0v) is 12.9. The number of halogens is 1. The lowest BCUT2D eigenvalue weighted by Gasteiger charge is -2.07. The van der Waals surface area contributed by atoms with E-state index in [-0.39, 0.29) is 17.2 Å². The minimum absolute atomic E-state index is 0.104. The third kappa shape index (κ3) is 6.56. The molecular weight excluding hydrogens is 326 g/mol. The number of nitrogens with one attached hydrogen (secondary N) is 1. The van der Waals surface area contributed by atoms with Gasteiger partial charge in [0.1, 0.15) is 5.75 Å². The summed E-state index contributed by atoms with van der Waals surface area (Å²) in [6.45, 7) is 2.64. The van der Waals surface area contributed by atoms with Crippen molar-refractivity contribution in [1.82, 2.24) is 0 Å². The summed E-state index contributed by atoms with van der Waals surface area (Å²) >= 11 is 3.08. The number of hydrogen-bond donors (Lipinski definition) is 1.